The fraction of sp³-hybridized carbons (Fsp3) is 0.833. The number of carbonyl (C=O) groups excluding carboxylic acids is 2. The Bertz CT molecular complexity index is 294. The zero-order chi connectivity index (χ0) is 12.3. The molecule has 1 saturated heterocycles. The molecule has 1 atom stereocenters. The third-order valence-electron chi connectivity index (χ3n) is 3.73. The van der Waals surface area contributed by atoms with Crippen molar-refractivity contribution in [2.24, 2.45) is 5.73 Å². The molecule has 2 rings (SSSR count). The van der Waals surface area contributed by atoms with Crippen LogP contribution in [0.1, 0.15) is 38.5 Å². The summed E-state index contributed by atoms with van der Waals surface area (Å²) in [6, 6.07) is 0.118. The summed E-state index contributed by atoms with van der Waals surface area (Å²) in [6.07, 6.45) is 6.21. The molecule has 3 N–H and O–H groups in total. The number of nitrogens with one attached hydrogen (secondary N) is 1. The van der Waals surface area contributed by atoms with Gasteiger partial charge in [-0.2, -0.15) is 0 Å². The molecule has 0 aromatic heterocycles. The summed E-state index contributed by atoms with van der Waals surface area (Å²) < 4.78 is 0. The Hall–Kier alpha value is -1.10. The Labute approximate surface area is 102 Å². The first kappa shape index (κ1) is 12.4. The summed E-state index contributed by atoms with van der Waals surface area (Å²) in [5.41, 5.74) is 5.24. The van der Waals surface area contributed by atoms with Gasteiger partial charge in [0, 0.05) is 6.04 Å². The zero-order valence-electron chi connectivity index (χ0n) is 10.2. The molecule has 5 nitrogen and oxygen atoms in total. The van der Waals surface area contributed by atoms with E-state index in [0.717, 1.165) is 45.1 Å². The van der Waals surface area contributed by atoms with E-state index in [1.54, 1.807) is 4.90 Å². The van der Waals surface area contributed by atoms with Crippen LogP contribution in [0.3, 0.4) is 0 Å². The highest BCUT2D eigenvalue weighted by atomic mass is 16.2. The molecule has 1 unspecified atom stereocenters. The van der Waals surface area contributed by atoms with Crippen molar-refractivity contribution in [2.45, 2.75) is 50.6 Å². The Kier molecular flexibility index (Phi) is 3.99. The summed E-state index contributed by atoms with van der Waals surface area (Å²) in [4.78, 5) is 25.1. The minimum absolute atomic E-state index is 0.0631. The third kappa shape index (κ3) is 2.97. The molecule has 1 heterocycles. The normalized spacial score (nSPS) is 25.1. The summed E-state index contributed by atoms with van der Waals surface area (Å²) in [5, 5.41) is 3.19. The Morgan fingerprint density at radius 3 is 2.41 bits per heavy atom. The fourth-order valence-electron chi connectivity index (χ4n) is 2.87. The van der Waals surface area contributed by atoms with Gasteiger partial charge in [-0.25, -0.2) is 0 Å². The van der Waals surface area contributed by atoms with E-state index in [0.29, 0.717) is 0 Å². The van der Waals surface area contributed by atoms with Gasteiger partial charge in [-0.3, -0.25) is 9.59 Å². The maximum atomic E-state index is 12.3. The Morgan fingerprint density at radius 1 is 1.18 bits per heavy atom. The van der Waals surface area contributed by atoms with Crippen LogP contribution >= 0.6 is 0 Å². The molecule has 5 heteroatoms. The average molecular weight is 239 g/mol. The van der Waals surface area contributed by atoms with Crippen LogP contribution in [0.15, 0.2) is 0 Å². The van der Waals surface area contributed by atoms with Crippen LogP contribution in [0, 0.1) is 0 Å². The molecule has 17 heavy (non-hydrogen) atoms. The van der Waals surface area contributed by atoms with Crippen molar-refractivity contribution < 1.29 is 9.59 Å². The largest absolute Gasteiger partial charge is 0.368 e. The molecular weight excluding hydrogens is 218 g/mol. The SMILES string of the molecule is NC(=O)CN(C(=O)C1CCCN1)C1CCCC1. The second-order valence-electron chi connectivity index (χ2n) is 5.02. The maximum absolute atomic E-state index is 12.3. The van der Waals surface area contributed by atoms with Crippen LogP contribution in [0.5, 0.6) is 0 Å². The number of rotatable bonds is 4. The minimum Gasteiger partial charge on any atom is -0.368 e. The molecule has 2 amide bonds. The highest BCUT2D eigenvalue weighted by Crippen LogP contribution is 2.24. The van der Waals surface area contributed by atoms with E-state index in [-0.39, 0.29) is 24.5 Å². The Morgan fingerprint density at radius 2 is 1.88 bits per heavy atom. The number of hydrogen-bond donors (Lipinski definition) is 2. The average Bonchev–Trinajstić information content (AvgIpc) is 2.96. The predicted octanol–water partition coefficient (Wildman–Crippen LogP) is -0.00510. The summed E-state index contributed by atoms with van der Waals surface area (Å²) >= 11 is 0. The molecule has 0 bridgehead atoms. The van der Waals surface area contributed by atoms with Gasteiger partial charge >= 0.3 is 0 Å². The van der Waals surface area contributed by atoms with Crippen LogP contribution in [0.25, 0.3) is 0 Å². The van der Waals surface area contributed by atoms with Crippen LogP contribution in [0.4, 0.5) is 0 Å². The summed E-state index contributed by atoms with van der Waals surface area (Å²) in [5.74, 6) is -0.351. The van der Waals surface area contributed by atoms with Gasteiger partial charge in [0.1, 0.15) is 0 Å². The van der Waals surface area contributed by atoms with E-state index in [2.05, 4.69) is 5.32 Å². The van der Waals surface area contributed by atoms with Gasteiger partial charge in [-0.15, -0.1) is 0 Å². The van der Waals surface area contributed by atoms with Crippen molar-refractivity contribution in [1.82, 2.24) is 10.2 Å². The Balaban J connectivity index is 2.02. The van der Waals surface area contributed by atoms with E-state index in [9.17, 15) is 9.59 Å². The quantitative estimate of drug-likeness (QED) is 0.725. The first-order chi connectivity index (χ1) is 8.18. The molecule has 1 saturated carbocycles. The molecule has 2 fully saturated rings. The van der Waals surface area contributed by atoms with Crippen molar-refractivity contribution >= 4 is 11.8 Å². The lowest BCUT2D eigenvalue weighted by atomic mass is 10.1. The lowest BCUT2D eigenvalue weighted by molar-refractivity contribution is -0.139. The van der Waals surface area contributed by atoms with E-state index in [1.165, 1.54) is 0 Å². The molecule has 1 aliphatic heterocycles. The van der Waals surface area contributed by atoms with E-state index >= 15 is 0 Å². The van der Waals surface area contributed by atoms with Crippen molar-refractivity contribution in [2.75, 3.05) is 13.1 Å². The van der Waals surface area contributed by atoms with Crippen molar-refractivity contribution in [3.05, 3.63) is 0 Å². The number of nitrogens with zero attached hydrogens (tertiary/aromatic N) is 1. The van der Waals surface area contributed by atoms with Gasteiger partial charge in [0.2, 0.25) is 11.8 Å². The zero-order valence-corrected chi connectivity index (χ0v) is 10.2. The molecule has 0 aromatic carbocycles. The van der Waals surface area contributed by atoms with E-state index in [4.69, 9.17) is 5.73 Å². The second-order valence-corrected chi connectivity index (χ2v) is 5.02. The number of nitrogens with two attached hydrogens (primary N) is 1. The van der Waals surface area contributed by atoms with Gasteiger partial charge < -0.3 is 16.0 Å². The molecule has 0 spiro atoms. The highest BCUT2D eigenvalue weighted by Gasteiger charge is 2.33. The van der Waals surface area contributed by atoms with Crippen LogP contribution < -0.4 is 11.1 Å². The fourth-order valence-corrected chi connectivity index (χ4v) is 2.87. The molecular formula is C12H21N3O2. The smallest absolute Gasteiger partial charge is 0.240 e. The summed E-state index contributed by atoms with van der Waals surface area (Å²) in [7, 11) is 0. The summed E-state index contributed by atoms with van der Waals surface area (Å²) in [6.45, 7) is 0.965. The van der Waals surface area contributed by atoms with Gasteiger partial charge in [0.15, 0.2) is 0 Å². The second kappa shape index (κ2) is 5.49. The highest BCUT2D eigenvalue weighted by molar-refractivity contribution is 5.87. The van der Waals surface area contributed by atoms with Gasteiger partial charge in [-0.1, -0.05) is 12.8 Å². The third-order valence-corrected chi connectivity index (χ3v) is 3.73. The van der Waals surface area contributed by atoms with E-state index in [1.807, 2.05) is 0 Å². The first-order valence-electron chi connectivity index (χ1n) is 6.50. The van der Waals surface area contributed by atoms with Crippen molar-refractivity contribution in [1.29, 1.82) is 0 Å². The lowest BCUT2D eigenvalue weighted by Crippen LogP contribution is -2.50. The van der Waals surface area contributed by atoms with Crippen LogP contribution in [0.2, 0.25) is 0 Å². The minimum atomic E-state index is -0.414. The molecule has 2 aliphatic rings. The van der Waals surface area contributed by atoms with Crippen molar-refractivity contribution in [3.8, 4) is 0 Å². The maximum Gasteiger partial charge on any atom is 0.240 e. The standard InChI is InChI=1S/C12H21N3O2/c13-11(16)8-15(9-4-1-2-5-9)12(17)10-6-3-7-14-10/h9-10,14H,1-8H2,(H2,13,16). The van der Waals surface area contributed by atoms with Gasteiger partial charge in [-0.05, 0) is 32.2 Å². The molecule has 0 radical (unpaired) electrons. The van der Waals surface area contributed by atoms with Gasteiger partial charge in [0.05, 0.1) is 12.6 Å². The van der Waals surface area contributed by atoms with Gasteiger partial charge in [0.25, 0.3) is 0 Å². The lowest BCUT2D eigenvalue weighted by Gasteiger charge is -2.30. The molecule has 0 aromatic rings. The monoisotopic (exact) mass is 239 g/mol. The first-order valence-corrected chi connectivity index (χ1v) is 6.50. The molecule has 1 aliphatic carbocycles. The number of amides is 2. The number of carbonyl (C=O) groups is 2. The number of hydrogen-bond acceptors (Lipinski definition) is 3. The van der Waals surface area contributed by atoms with E-state index < -0.39 is 5.91 Å². The molecule has 96 valence electrons. The predicted molar refractivity (Wildman–Crippen MR) is 64.2 cm³/mol. The van der Waals surface area contributed by atoms with Crippen molar-refractivity contribution in [3.63, 3.8) is 0 Å². The van der Waals surface area contributed by atoms with Crippen LogP contribution in [-0.4, -0.2) is 41.9 Å². The van der Waals surface area contributed by atoms with Crippen LogP contribution in [-0.2, 0) is 9.59 Å². The number of primary amides is 1. The topological polar surface area (TPSA) is 75.4 Å².